The molecule has 4 aromatic rings. The normalized spacial score (nSPS) is 11.9. The van der Waals surface area contributed by atoms with Crippen molar-refractivity contribution >= 4 is 17.6 Å². The van der Waals surface area contributed by atoms with Crippen LogP contribution in [0.1, 0.15) is 22.5 Å². The van der Waals surface area contributed by atoms with Crippen LogP contribution in [0.3, 0.4) is 0 Å². The van der Waals surface area contributed by atoms with E-state index in [9.17, 15) is 14.7 Å². The standard InChI is InChI=1S/C29H27N3O5/c1-20-18-21(2)31-28(30-20)37-26(27(34)35)29(22-12-6-3-7-13-22,23-14-8-4-9-15-23)36-19-25(33)32-24-16-10-5-11-17-24/h3-18,26H,19H2,1-2H3,(H,32,33)(H,34,35). The molecule has 0 radical (unpaired) electrons. The maximum Gasteiger partial charge on any atom is 0.348 e. The van der Waals surface area contributed by atoms with Crippen LogP contribution in [0, 0.1) is 13.8 Å². The smallest absolute Gasteiger partial charge is 0.348 e. The largest absolute Gasteiger partial charge is 0.478 e. The lowest BCUT2D eigenvalue weighted by atomic mass is 9.81. The van der Waals surface area contributed by atoms with Crippen molar-refractivity contribution in [3.05, 3.63) is 120 Å². The first-order valence-electron chi connectivity index (χ1n) is 11.7. The molecule has 1 heterocycles. The van der Waals surface area contributed by atoms with Crippen LogP contribution in [-0.4, -0.2) is 39.7 Å². The molecule has 3 aromatic carbocycles. The lowest BCUT2D eigenvalue weighted by Crippen LogP contribution is -2.52. The lowest BCUT2D eigenvalue weighted by molar-refractivity contribution is -0.166. The second-order valence-electron chi connectivity index (χ2n) is 8.44. The van der Waals surface area contributed by atoms with Crippen molar-refractivity contribution in [3.63, 3.8) is 0 Å². The van der Waals surface area contributed by atoms with Gasteiger partial charge in [-0.25, -0.2) is 14.8 Å². The Kier molecular flexibility index (Phi) is 7.90. The molecular weight excluding hydrogens is 470 g/mol. The van der Waals surface area contributed by atoms with E-state index in [-0.39, 0.29) is 6.01 Å². The van der Waals surface area contributed by atoms with Crippen molar-refractivity contribution in [2.75, 3.05) is 11.9 Å². The quantitative estimate of drug-likeness (QED) is 0.331. The molecule has 0 bridgehead atoms. The Labute approximate surface area is 214 Å². The molecule has 8 nitrogen and oxygen atoms in total. The number of benzene rings is 3. The highest BCUT2D eigenvalue weighted by Gasteiger charge is 2.50. The van der Waals surface area contributed by atoms with Crippen LogP contribution in [0.5, 0.6) is 6.01 Å². The van der Waals surface area contributed by atoms with Gasteiger partial charge in [-0.05, 0) is 43.2 Å². The molecule has 1 aromatic heterocycles. The summed E-state index contributed by atoms with van der Waals surface area (Å²) in [6.45, 7) is 3.09. The SMILES string of the molecule is Cc1cc(C)nc(OC(C(=O)O)C(OCC(=O)Nc2ccccc2)(c2ccccc2)c2ccccc2)n1. The van der Waals surface area contributed by atoms with Gasteiger partial charge in [-0.2, -0.15) is 0 Å². The molecule has 0 spiro atoms. The van der Waals surface area contributed by atoms with Crippen molar-refractivity contribution in [1.29, 1.82) is 0 Å². The van der Waals surface area contributed by atoms with E-state index in [4.69, 9.17) is 9.47 Å². The number of hydrogen-bond donors (Lipinski definition) is 2. The second-order valence-corrected chi connectivity index (χ2v) is 8.44. The summed E-state index contributed by atoms with van der Waals surface area (Å²) in [6.07, 6.45) is -1.64. The predicted octanol–water partition coefficient (Wildman–Crippen LogP) is 4.52. The van der Waals surface area contributed by atoms with Crippen molar-refractivity contribution in [3.8, 4) is 6.01 Å². The Balaban J connectivity index is 1.81. The summed E-state index contributed by atoms with van der Waals surface area (Å²) < 4.78 is 12.3. The topological polar surface area (TPSA) is 111 Å². The number of carboxylic acid groups (broad SMARTS) is 1. The summed E-state index contributed by atoms with van der Waals surface area (Å²) in [5, 5.41) is 13.2. The number of aliphatic carboxylic acids is 1. The van der Waals surface area contributed by atoms with Crippen molar-refractivity contribution in [2.45, 2.75) is 25.6 Å². The van der Waals surface area contributed by atoms with E-state index in [1.54, 1.807) is 92.7 Å². The van der Waals surface area contributed by atoms with Gasteiger partial charge in [0.05, 0.1) is 0 Å². The molecule has 1 unspecified atom stereocenters. The average molecular weight is 498 g/mol. The van der Waals surface area contributed by atoms with Gasteiger partial charge in [-0.3, -0.25) is 4.79 Å². The number of nitrogens with zero attached hydrogens (tertiary/aromatic N) is 2. The highest BCUT2D eigenvalue weighted by molar-refractivity contribution is 5.91. The maximum absolute atomic E-state index is 12.9. The third-order valence-electron chi connectivity index (χ3n) is 5.67. The van der Waals surface area contributed by atoms with E-state index >= 15 is 0 Å². The fourth-order valence-electron chi connectivity index (χ4n) is 4.14. The molecule has 0 aliphatic heterocycles. The molecule has 1 amide bonds. The number of carbonyl (C=O) groups excluding carboxylic acids is 1. The highest BCUT2D eigenvalue weighted by Crippen LogP contribution is 2.39. The molecular formula is C29H27N3O5. The monoisotopic (exact) mass is 497 g/mol. The van der Waals surface area contributed by atoms with Crippen LogP contribution in [0.15, 0.2) is 97.1 Å². The lowest BCUT2D eigenvalue weighted by Gasteiger charge is -2.38. The van der Waals surface area contributed by atoms with Gasteiger partial charge < -0.3 is 19.9 Å². The molecule has 0 aliphatic carbocycles. The fraction of sp³-hybridized carbons (Fsp3) is 0.172. The summed E-state index contributed by atoms with van der Waals surface area (Å²) in [5.74, 6) is -1.76. The molecule has 1 atom stereocenters. The Hall–Kier alpha value is -4.56. The van der Waals surface area contributed by atoms with Crippen LogP contribution in [0.25, 0.3) is 0 Å². The summed E-state index contributed by atoms with van der Waals surface area (Å²) in [4.78, 5) is 34.3. The van der Waals surface area contributed by atoms with E-state index in [0.29, 0.717) is 28.2 Å². The minimum atomic E-state index is -1.72. The van der Waals surface area contributed by atoms with Crippen LogP contribution in [0.4, 0.5) is 5.69 Å². The molecule has 8 heteroatoms. The number of aryl methyl sites for hydroxylation is 2. The zero-order chi connectivity index (χ0) is 26.3. The molecule has 0 saturated carbocycles. The van der Waals surface area contributed by atoms with Crippen LogP contribution in [-0.2, 0) is 19.9 Å². The number of carbonyl (C=O) groups is 2. The summed E-state index contributed by atoms with van der Waals surface area (Å²) in [6, 6.07) is 28.3. The number of nitrogens with one attached hydrogen (secondary N) is 1. The van der Waals surface area contributed by atoms with Crippen LogP contribution >= 0.6 is 0 Å². The number of carboxylic acids is 1. The molecule has 37 heavy (non-hydrogen) atoms. The van der Waals surface area contributed by atoms with Gasteiger partial charge in [-0.1, -0.05) is 78.9 Å². The zero-order valence-corrected chi connectivity index (χ0v) is 20.5. The van der Waals surface area contributed by atoms with E-state index in [1.807, 2.05) is 18.2 Å². The molecule has 0 aliphatic rings. The Morgan fingerprint density at radius 1 is 0.838 bits per heavy atom. The van der Waals surface area contributed by atoms with E-state index in [1.165, 1.54) is 0 Å². The summed E-state index contributed by atoms with van der Waals surface area (Å²) in [7, 11) is 0. The minimum Gasteiger partial charge on any atom is -0.478 e. The van der Waals surface area contributed by atoms with Crippen molar-refractivity contribution in [2.24, 2.45) is 0 Å². The number of anilines is 1. The van der Waals surface area contributed by atoms with Crippen molar-refractivity contribution < 1.29 is 24.2 Å². The Morgan fingerprint density at radius 2 is 1.32 bits per heavy atom. The molecule has 4 rings (SSSR count). The zero-order valence-electron chi connectivity index (χ0n) is 20.5. The van der Waals surface area contributed by atoms with Gasteiger partial charge in [0, 0.05) is 17.1 Å². The fourth-order valence-corrected chi connectivity index (χ4v) is 4.14. The predicted molar refractivity (Wildman–Crippen MR) is 138 cm³/mol. The summed E-state index contributed by atoms with van der Waals surface area (Å²) >= 11 is 0. The molecule has 188 valence electrons. The van der Waals surface area contributed by atoms with E-state index < -0.39 is 30.2 Å². The number of hydrogen-bond acceptors (Lipinski definition) is 6. The number of rotatable bonds is 10. The van der Waals surface area contributed by atoms with Gasteiger partial charge in [0.25, 0.3) is 0 Å². The first-order chi connectivity index (χ1) is 17.9. The Morgan fingerprint density at radius 3 is 1.81 bits per heavy atom. The van der Waals surface area contributed by atoms with Gasteiger partial charge in [0.1, 0.15) is 6.61 Å². The Bertz CT molecular complexity index is 1290. The van der Waals surface area contributed by atoms with E-state index in [0.717, 1.165) is 0 Å². The third kappa shape index (κ3) is 5.99. The number of ether oxygens (including phenoxy) is 2. The maximum atomic E-state index is 12.9. The molecule has 2 N–H and O–H groups in total. The van der Waals surface area contributed by atoms with Crippen LogP contribution in [0.2, 0.25) is 0 Å². The van der Waals surface area contributed by atoms with Gasteiger partial charge in [0.15, 0.2) is 5.60 Å². The molecule has 0 saturated heterocycles. The summed E-state index contributed by atoms with van der Waals surface area (Å²) in [5.41, 5.74) is 1.11. The van der Waals surface area contributed by atoms with E-state index in [2.05, 4.69) is 15.3 Å². The van der Waals surface area contributed by atoms with Gasteiger partial charge in [0.2, 0.25) is 12.0 Å². The average Bonchev–Trinajstić information content (AvgIpc) is 2.89. The van der Waals surface area contributed by atoms with Gasteiger partial charge in [-0.15, -0.1) is 0 Å². The van der Waals surface area contributed by atoms with Crippen molar-refractivity contribution in [1.82, 2.24) is 9.97 Å². The number of aromatic nitrogens is 2. The van der Waals surface area contributed by atoms with Crippen LogP contribution < -0.4 is 10.1 Å². The van der Waals surface area contributed by atoms with Gasteiger partial charge >= 0.3 is 12.0 Å². The minimum absolute atomic E-state index is 0.0986. The molecule has 0 fully saturated rings. The number of amides is 1. The number of para-hydroxylation sites is 1. The first kappa shape index (κ1) is 25.5. The second kappa shape index (κ2) is 11.5. The highest BCUT2D eigenvalue weighted by atomic mass is 16.6. The third-order valence-corrected chi connectivity index (χ3v) is 5.67. The first-order valence-corrected chi connectivity index (χ1v) is 11.7.